The maximum absolute atomic E-state index is 10.8. The van der Waals surface area contributed by atoms with Crippen LogP contribution in [0.5, 0.6) is 5.75 Å². The summed E-state index contributed by atoms with van der Waals surface area (Å²) < 4.78 is 8.37. The molecule has 0 aliphatic heterocycles. The zero-order chi connectivity index (χ0) is 12.8. The second kappa shape index (κ2) is 6.35. The van der Waals surface area contributed by atoms with Crippen molar-refractivity contribution in [3.8, 4) is 5.75 Å². The molecule has 94 valence electrons. The molecule has 2 aromatic rings. The van der Waals surface area contributed by atoms with Gasteiger partial charge in [0, 0.05) is 29.0 Å². The van der Waals surface area contributed by atoms with E-state index in [0.29, 0.717) is 17.9 Å². The Morgan fingerprint density at radius 1 is 1.44 bits per heavy atom. The van der Waals surface area contributed by atoms with Crippen LogP contribution in [0.3, 0.4) is 0 Å². The summed E-state index contributed by atoms with van der Waals surface area (Å²) in [5, 5.41) is 0. The number of carbonyl (C=O) groups is 1. The van der Waals surface area contributed by atoms with Gasteiger partial charge in [0.05, 0.1) is 12.9 Å². The summed E-state index contributed by atoms with van der Waals surface area (Å²) in [6.07, 6.45) is 7.16. The van der Waals surface area contributed by atoms with Crippen LogP contribution in [0.4, 0.5) is 0 Å². The Balaban J connectivity index is 1.81. The van der Waals surface area contributed by atoms with Crippen molar-refractivity contribution in [3.05, 3.63) is 47.0 Å². The molecule has 2 rings (SSSR count). The highest BCUT2D eigenvalue weighted by molar-refractivity contribution is 9.10. The van der Waals surface area contributed by atoms with Gasteiger partial charge < -0.3 is 9.30 Å². The molecule has 1 heterocycles. The molecule has 0 spiro atoms. The zero-order valence-corrected chi connectivity index (χ0v) is 11.3. The topological polar surface area (TPSA) is 44.1 Å². The zero-order valence-electron chi connectivity index (χ0n) is 9.75. The maximum atomic E-state index is 10.8. The third-order valence-electron chi connectivity index (χ3n) is 2.48. The predicted octanol–water partition coefficient (Wildman–Crippen LogP) is 2.93. The smallest absolute Gasteiger partial charge is 0.151 e. The van der Waals surface area contributed by atoms with Gasteiger partial charge in [0.25, 0.3) is 0 Å². The van der Waals surface area contributed by atoms with Crippen LogP contribution in [-0.2, 0) is 6.54 Å². The summed E-state index contributed by atoms with van der Waals surface area (Å²) in [6, 6.07) is 5.39. The molecule has 0 saturated heterocycles. The summed E-state index contributed by atoms with van der Waals surface area (Å²) in [5.74, 6) is 0.714. The monoisotopic (exact) mass is 308 g/mol. The molecule has 0 unspecified atom stereocenters. The highest BCUT2D eigenvalue weighted by Crippen LogP contribution is 2.21. The largest absolute Gasteiger partial charge is 0.494 e. The van der Waals surface area contributed by atoms with Crippen LogP contribution in [0.15, 0.2) is 41.4 Å². The van der Waals surface area contributed by atoms with Gasteiger partial charge in [-0.05, 0) is 24.6 Å². The summed E-state index contributed by atoms with van der Waals surface area (Å²) >= 11 is 3.30. The standard InChI is InChI=1S/C13H13BrN2O2/c14-13-3-2-12(8-11(13)9-17)18-7-1-5-16-6-4-15-10-16/h2-4,6,8-10H,1,5,7H2. The van der Waals surface area contributed by atoms with E-state index >= 15 is 0 Å². The van der Waals surface area contributed by atoms with Gasteiger partial charge >= 0.3 is 0 Å². The van der Waals surface area contributed by atoms with Crippen molar-refractivity contribution in [2.24, 2.45) is 0 Å². The molecule has 0 aliphatic rings. The number of aromatic nitrogens is 2. The lowest BCUT2D eigenvalue weighted by atomic mass is 10.2. The number of carbonyl (C=O) groups excluding carboxylic acids is 1. The Bertz CT molecular complexity index is 512. The van der Waals surface area contributed by atoms with Gasteiger partial charge in [-0.15, -0.1) is 0 Å². The van der Waals surface area contributed by atoms with E-state index in [0.717, 1.165) is 23.7 Å². The van der Waals surface area contributed by atoms with Crippen LogP contribution in [0, 0.1) is 0 Å². The van der Waals surface area contributed by atoms with Gasteiger partial charge in [-0.25, -0.2) is 4.98 Å². The molecular formula is C13H13BrN2O2. The lowest BCUT2D eigenvalue weighted by molar-refractivity contribution is 0.112. The van der Waals surface area contributed by atoms with E-state index in [2.05, 4.69) is 20.9 Å². The third-order valence-corrected chi connectivity index (χ3v) is 3.21. The molecule has 0 radical (unpaired) electrons. The predicted molar refractivity (Wildman–Crippen MR) is 71.9 cm³/mol. The van der Waals surface area contributed by atoms with E-state index in [4.69, 9.17) is 4.74 Å². The molecule has 0 aliphatic carbocycles. The summed E-state index contributed by atoms with van der Waals surface area (Å²) in [7, 11) is 0. The van der Waals surface area contributed by atoms with Crippen molar-refractivity contribution in [2.75, 3.05) is 6.61 Å². The molecule has 0 N–H and O–H groups in total. The van der Waals surface area contributed by atoms with Crippen LogP contribution in [0.2, 0.25) is 0 Å². The van der Waals surface area contributed by atoms with Gasteiger partial charge in [-0.3, -0.25) is 4.79 Å². The number of hydrogen-bond acceptors (Lipinski definition) is 3. The van der Waals surface area contributed by atoms with Gasteiger partial charge in [0.15, 0.2) is 6.29 Å². The highest BCUT2D eigenvalue weighted by atomic mass is 79.9. The quantitative estimate of drug-likeness (QED) is 0.609. The van der Waals surface area contributed by atoms with E-state index in [-0.39, 0.29) is 0 Å². The van der Waals surface area contributed by atoms with Gasteiger partial charge in [-0.1, -0.05) is 15.9 Å². The highest BCUT2D eigenvalue weighted by Gasteiger charge is 2.01. The van der Waals surface area contributed by atoms with E-state index in [9.17, 15) is 4.79 Å². The number of aryl methyl sites for hydroxylation is 1. The summed E-state index contributed by atoms with van der Waals surface area (Å²) in [6.45, 7) is 1.48. The van der Waals surface area contributed by atoms with Crippen molar-refractivity contribution in [1.82, 2.24) is 9.55 Å². The Morgan fingerprint density at radius 2 is 2.33 bits per heavy atom. The molecule has 0 saturated carbocycles. The Morgan fingerprint density at radius 3 is 3.06 bits per heavy atom. The SMILES string of the molecule is O=Cc1cc(OCCCn2ccnc2)ccc1Br. The molecular weight excluding hydrogens is 296 g/mol. The van der Waals surface area contributed by atoms with Crippen molar-refractivity contribution < 1.29 is 9.53 Å². The molecule has 0 bridgehead atoms. The van der Waals surface area contributed by atoms with Crippen molar-refractivity contribution in [1.29, 1.82) is 0 Å². The van der Waals surface area contributed by atoms with Crippen molar-refractivity contribution in [3.63, 3.8) is 0 Å². The van der Waals surface area contributed by atoms with Crippen LogP contribution in [-0.4, -0.2) is 22.4 Å². The molecule has 18 heavy (non-hydrogen) atoms. The van der Waals surface area contributed by atoms with Gasteiger partial charge in [0.2, 0.25) is 0 Å². The number of imidazole rings is 1. The molecule has 0 amide bonds. The summed E-state index contributed by atoms with van der Waals surface area (Å²) in [4.78, 5) is 14.7. The van der Waals surface area contributed by atoms with E-state index in [1.165, 1.54) is 0 Å². The van der Waals surface area contributed by atoms with E-state index < -0.39 is 0 Å². The number of ether oxygens (including phenoxy) is 1. The van der Waals surface area contributed by atoms with Crippen LogP contribution < -0.4 is 4.74 Å². The molecule has 0 atom stereocenters. The normalized spacial score (nSPS) is 10.3. The minimum absolute atomic E-state index is 0.599. The first kappa shape index (κ1) is 12.8. The minimum Gasteiger partial charge on any atom is -0.494 e. The minimum atomic E-state index is 0.599. The Labute approximate surface area is 114 Å². The second-order valence-corrected chi connectivity index (χ2v) is 4.66. The fraction of sp³-hybridized carbons (Fsp3) is 0.231. The lowest BCUT2D eigenvalue weighted by Crippen LogP contribution is -2.03. The number of nitrogens with zero attached hydrogens (tertiary/aromatic N) is 2. The van der Waals surface area contributed by atoms with E-state index in [1.807, 2.05) is 22.9 Å². The van der Waals surface area contributed by atoms with Crippen LogP contribution in [0.1, 0.15) is 16.8 Å². The lowest BCUT2D eigenvalue weighted by Gasteiger charge is -2.07. The summed E-state index contributed by atoms with van der Waals surface area (Å²) in [5.41, 5.74) is 0.599. The number of rotatable bonds is 6. The molecule has 1 aromatic heterocycles. The fourth-order valence-electron chi connectivity index (χ4n) is 1.56. The van der Waals surface area contributed by atoms with E-state index in [1.54, 1.807) is 18.6 Å². The average molecular weight is 309 g/mol. The van der Waals surface area contributed by atoms with Gasteiger partial charge in [-0.2, -0.15) is 0 Å². The van der Waals surface area contributed by atoms with Crippen LogP contribution in [0.25, 0.3) is 0 Å². The number of hydrogen-bond donors (Lipinski definition) is 0. The molecule has 4 nitrogen and oxygen atoms in total. The first-order valence-electron chi connectivity index (χ1n) is 5.63. The maximum Gasteiger partial charge on any atom is 0.151 e. The Hall–Kier alpha value is -1.62. The van der Waals surface area contributed by atoms with Crippen molar-refractivity contribution >= 4 is 22.2 Å². The first-order chi connectivity index (χ1) is 8.79. The molecule has 5 heteroatoms. The van der Waals surface area contributed by atoms with Gasteiger partial charge in [0.1, 0.15) is 5.75 Å². The van der Waals surface area contributed by atoms with Crippen LogP contribution >= 0.6 is 15.9 Å². The Kier molecular flexibility index (Phi) is 4.52. The number of benzene rings is 1. The molecule has 1 aromatic carbocycles. The van der Waals surface area contributed by atoms with Crippen molar-refractivity contribution in [2.45, 2.75) is 13.0 Å². The fourth-order valence-corrected chi connectivity index (χ4v) is 1.90. The first-order valence-corrected chi connectivity index (χ1v) is 6.42. The average Bonchev–Trinajstić information content (AvgIpc) is 2.89. The molecule has 0 fully saturated rings. The third kappa shape index (κ3) is 3.43. The number of aldehydes is 1. The second-order valence-electron chi connectivity index (χ2n) is 3.80. The number of halogens is 1.